The summed E-state index contributed by atoms with van der Waals surface area (Å²) in [5.41, 5.74) is 3.24. The van der Waals surface area contributed by atoms with Crippen molar-refractivity contribution in [3.8, 4) is 11.5 Å². The van der Waals surface area contributed by atoms with E-state index in [0.717, 1.165) is 14.7 Å². The van der Waals surface area contributed by atoms with Gasteiger partial charge in [-0.3, -0.25) is 9.69 Å². The summed E-state index contributed by atoms with van der Waals surface area (Å²) >= 11 is 15.7. The summed E-state index contributed by atoms with van der Waals surface area (Å²) in [7, 11) is 0. The molecule has 9 heteroatoms. The molecule has 0 aliphatic carbocycles. The van der Waals surface area contributed by atoms with Gasteiger partial charge < -0.3 is 9.47 Å². The fraction of sp³-hybridized carbons (Fsp3) is 0.0968. The van der Waals surface area contributed by atoms with Crippen LogP contribution in [-0.2, 0) is 11.4 Å². The van der Waals surface area contributed by atoms with Crippen molar-refractivity contribution in [2.45, 2.75) is 13.5 Å². The highest BCUT2D eigenvalue weighted by molar-refractivity contribution is 14.1. The Morgan fingerprint density at radius 2 is 1.60 bits per heavy atom. The van der Waals surface area contributed by atoms with Crippen LogP contribution in [0, 0.1) is 3.57 Å². The van der Waals surface area contributed by atoms with Crippen molar-refractivity contribution < 1.29 is 14.3 Å². The Bertz CT molecular complexity index is 1580. The van der Waals surface area contributed by atoms with Gasteiger partial charge in [-0.25, -0.2) is 4.99 Å². The van der Waals surface area contributed by atoms with E-state index in [9.17, 15) is 4.79 Å². The smallest absolute Gasteiger partial charge is 0.271 e. The first-order chi connectivity index (χ1) is 19.4. The lowest BCUT2D eigenvalue weighted by atomic mass is 10.1. The van der Waals surface area contributed by atoms with Crippen LogP contribution >= 0.6 is 57.6 Å². The molecule has 0 atom stereocenters. The SMILES string of the molecule is CCOc1cc(/C=C2\SC(=Nc3ccc(Cl)cc3)N(c3ccc(Cl)cc3)C2=O)cc(I)c1OCc1ccccc1. The van der Waals surface area contributed by atoms with Gasteiger partial charge >= 0.3 is 0 Å². The Balaban J connectivity index is 1.49. The minimum atomic E-state index is -0.183. The quantitative estimate of drug-likeness (QED) is 0.136. The van der Waals surface area contributed by atoms with E-state index in [1.54, 1.807) is 41.3 Å². The van der Waals surface area contributed by atoms with Crippen molar-refractivity contribution in [1.29, 1.82) is 0 Å². The van der Waals surface area contributed by atoms with Crippen LogP contribution in [0.3, 0.4) is 0 Å². The van der Waals surface area contributed by atoms with Gasteiger partial charge in [-0.2, -0.15) is 0 Å². The average molecular weight is 701 g/mol. The van der Waals surface area contributed by atoms with Gasteiger partial charge in [0.2, 0.25) is 0 Å². The number of hydrogen-bond acceptors (Lipinski definition) is 5. The van der Waals surface area contributed by atoms with Gasteiger partial charge in [-0.15, -0.1) is 0 Å². The molecule has 4 aromatic rings. The number of hydrogen-bond donors (Lipinski definition) is 0. The summed E-state index contributed by atoms with van der Waals surface area (Å²) in [6.45, 7) is 2.83. The van der Waals surface area contributed by atoms with E-state index in [1.807, 2.05) is 67.6 Å². The number of nitrogens with zero attached hydrogens (tertiary/aromatic N) is 2. The number of thioether (sulfide) groups is 1. The molecule has 0 bridgehead atoms. The van der Waals surface area contributed by atoms with Crippen molar-refractivity contribution in [2.24, 2.45) is 4.99 Å². The summed E-state index contributed by atoms with van der Waals surface area (Å²) in [6, 6.07) is 28.1. The molecular weight excluding hydrogens is 678 g/mol. The molecule has 1 saturated heterocycles. The molecule has 1 aliphatic rings. The number of amidine groups is 1. The lowest BCUT2D eigenvalue weighted by Crippen LogP contribution is -2.28. The third-order valence-electron chi connectivity index (χ3n) is 5.80. The second-order valence-corrected chi connectivity index (χ2v) is 11.7. The lowest BCUT2D eigenvalue weighted by molar-refractivity contribution is -0.113. The van der Waals surface area contributed by atoms with Crippen LogP contribution in [0.5, 0.6) is 11.5 Å². The molecule has 202 valence electrons. The Kier molecular flexibility index (Phi) is 9.36. The standard InChI is InChI=1S/C31H23Cl2IN2O3S/c1-2-38-27-17-21(16-26(34)29(27)39-19-20-6-4-3-5-7-20)18-28-30(37)36(25-14-10-23(33)11-15-25)31(40-28)35-24-12-8-22(32)9-13-24/h3-18H,2,19H2,1H3/b28-18-,35-31?. The molecule has 1 heterocycles. The zero-order chi connectivity index (χ0) is 28.1. The number of anilines is 1. The number of carbonyl (C=O) groups excluding carboxylic acids is 1. The van der Waals surface area contributed by atoms with Crippen molar-refractivity contribution in [3.05, 3.63) is 121 Å². The summed E-state index contributed by atoms with van der Waals surface area (Å²) in [5, 5.41) is 1.73. The summed E-state index contributed by atoms with van der Waals surface area (Å²) < 4.78 is 13.0. The number of halogens is 3. The third-order valence-corrected chi connectivity index (χ3v) is 8.07. The minimum Gasteiger partial charge on any atom is -0.490 e. The zero-order valence-electron chi connectivity index (χ0n) is 21.3. The monoisotopic (exact) mass is 700 g/mol. The van der Waals surface area contributed by atoms with Crippen LogP contribution in [0.25, 0.3) is 6.08 Å². The normalized spacial score (nSPS) is 15.2. The van der Waals surface area contributed by atoms with Gasteiger partial charge in [0.1, 0.15) is 6.61 Å². The van der Waals surface area contributed by atoms with E-state index in [-0.39, 0.29) is 5.91 Å². The van der Waals surface area contributed by atoms with E-state index in [0.29, 0.717) is 56.2 Å². The van der Waals surface area contributed by atoms with E-state index < -0.39 is 0 Å². The Morgan fingerprint density at radius 3 is 2.27 bits per heavy atom. The molecule has 0 unspecified atom stereocenters. The van der Waals surface area contributed by atoms with E-state index in [1.165, 1.54) is 11.8 Å². The fourth-order valence-electron chi connectivity index (χ4n) is 3.95. The molecule has 0 radical (unpaired) electrons. The van der Waals surface area contributed by atoms with Gasteiger partial charge in [0, 0.05) is 10.0 Å². The van der Waals surface area contributed by atoms with Crippen LogP contribution in [0.2, 0.25) is 10.0 Å². The average Bonchev–Trinajstić information content (AvgIpc) is 3.24. The maximum absolute atomic E-state index is 13.7. The molecule has 5 nitrogen and oxygen atoms in total. The van der Waals surface area contributed by atoms with Gasteiger partial charge in [0.25, 0.3) is 5.91 Å². The second-order valence-electron chi connectivity index (χ2n) is 8.64. The van der Waals surface area contributed by atoms with Crippen molar-refractivity contribution >= 4 is 86.1 Å². The van der Waals surface area contributed by atoms with Gasteiger partial charge in [0.15, 0.2) is 16.7 Å². The topological polar surface area (TPSA) is 51.1 Å². The fourth-order valence-corrected chi connectivity index (χ4v) is 5.98. The molecule has 5 rings (SSSR count). The van der Waals surface area contributed by atoms with Gasteiger partial charge in [0.05, 0.1) is 26.5 Å². The summed E-state index contributed by atoms with van der Waals surface area (Å²) in [5.74, 6) is 1.11. The predicted molar refractivity (Wildman–Crippen MR) is 174 cm³/mol. The number of rotatable bonds is 8. The largest absolute Gasteiger partial charge is 0.490 e. The maximum Gasteiger partial charge on any atom is 0.271 e. The Labute approximate surface area is 260 Å². The van der Waals surface area contributed by atoms with Crippen molar-refractivity contribution in [1.82, 2.24) is 0 Å². The number of benzene rings is 4. The Morgan fingerprint density at radius 1 is 0.925 bits per heavy atom. The lowest BCUT2D eigenvalue weighted by Gasteiger charge is -2.16. The first kappa shape index (κ1) is 28.5. The summed E-state index contributed by atoms with van der Waals surface area (Å²) in [4.78, 5) is 20.6. The van der Waals surface area contributed by atoms with E-state index in [2.05, 4.69) is 22.6 Å². The van der Waals surface area contributed by atoms with Gasteiger partial charge in [-0.05, 0) is 119 Å². The van der Waals surface area contributed by atoms with E-state index >= 15 is 0 Å². The minimum absolute atomic E-state index is 0.183. The highest BCUT2D eigenvalue weighted by Gasteiger charge is 2.35. The maximum atomic E-state index is 13.7. The highest BCUT2D eigenvalue weighted by Crippen LogP contribution is 2.40. The first-order valence-corrected chi connectivity index (χ1v) is 15.0. The molecule has 0 saturated carbocycles. The molecular formula is C31H23Cl2IN2O3S. The van der Waals surface area contributed by atoms with Crippen LogP contribution < -0.4 is 14.4 Å². The molecule has 0 aromatic heterocycles. The number of ether oxygens (including phenoxy) is 2. The van der Waals surface area contributed by atoms with Gasteiger partial charge in [-0.1, -0.05) is 53.5 Å². The molecule has 1 aliphatic heterocycles. The van der Waals surface area contributed by atoms with Crippen LogP contribution in [0.15, 0.2) is 101 Å². The van der Waals surface area contributed by atoms with Crippen LogP contribution in [0.4, 0.5) is 11.4 Å². The van der Waals surface area contributed by atoms with Crippen molar-refractivity contribution in [3.63, 3.8) is 0 Å². The summed E-state index contributed by atoms with van der Waals surface area (Å²) in [6.07, 6.45) is 1.85. The molecule has 0 spiro atoms. The molecule has 1 amide bonds. The predicted octanol–water partition coefficient (Wildman–Crippen LogP) is 9.38. The number of amides is 1. The Hall–Kier alpha value is -2.98. The third kappa shape index (κ3) is 6.83. The molecule has 1 fully saturated rings. The number of carbonyl (C=O) groups is 1. The second kappa shape index (κ2) is 13.1. The van der Waals surface area contributed by atoms with Crippen LogP contribution in [-0.4, -0.2) is 17.7 Å². The first-order valence-electron chi connectivity index (χ1n) is 12.4. The van der Waals surface area contributed by atoms with E-state index in [4.69, 9.17) is 37.7 Å². The highest BCUT2D eigenvalue weighted by atomic mass is 127. The van der Waals surface area contributed by atoms with Crippen molar-refractivity contribution in [2.75, 3.05) is 11.5 Å². The zero-order valence-corrected chi connectivity index (χ0v) is 25.8. The molecule has 4 aromatic carbocycles. The molecule has 0 N–H and O–H groups in total. The van der Waals surface area contributed by atoms with Crippen LogP contribution in [0.1, 0.15) is 18.1 Å². The number of aliphatic imine (C=N–C) groups is 1. The molecule has 40 heavy (non-hydrogen) atoms.